The fraction of sp³-hybridized carbons (Fsp3) is 0.350. The first kappa shape index (κ1) is 21.2. The van der Waals surface area contributed by atoms with Gasteiger partial charge in [0, 0.05) is 6.54 Å². The van der Waals surface area contributed by atoms with E-state index < -0.39 is 22.0 Å². The lowest BCUT2D eigenvalue weighted by molar-refractivity contribution is -0.134. The summed E-state index contributed by atoms with van der Waals surface area (Å²) in [5.41, 5.74) is 1.60. The Labute approximate surface area is 169 Å². The van der Waals surface area contributed by atoms with Gasteiger partial charge in [-0.25, -0.2) is 18.3 Å². The molecule has 9 heteroatoms. The van der Waals surface area contributed by atoms with Gasteiger partial charge in [-0.15, -0.1) is 0 Å². The Hall–Kier alpha value is -2.49. The number of carbonyl (C=O) groups is 1. The fourth-order valence-electron chi connectivity index (χ4n) is 3.49. The van der Waals surface area contributed by atoms with Crippen LogP contribution in [0.3, 0.4) is 0 Å². The van der Waals surface area contributed by atoms with E-state index in [1.165, 1.54) is 48.5 Å². The maximum absolute atomic E-state index is 13.2. The van der Waals surface area contributed by atoms with Gasteiger partial charge in [0.15, 0.2) is 0 Å². The average molecular weight is 422 g/mol. The first-order chi connectivity index (χ1) is 13.8. The summed E-state index contributed by atoms with van der Waals surface area (Å²) in [4.78, 5) is 12.2. The summed E-state index contributed by atoms with van der Waals surface area (Å²) in [5.74, 6) is -0.542. The molecule has 1 amide bonds. The van der Waals surface area contributed by atoms with Crippen LogP contribution in [0, 0.1) is 11.7 Å². The van der Waals surface area contributed by atoms with Crippen molar-refractivity contribution in [1.29, 1.82) is 0 Å². The van der Waals surface area contributed by atoms with Crippen molar-refractivity contribution in [2.75, 3.05) is 6.54 Å². The monoisotopic (exact) mass is 422 g/mol. The molecule has 2 N–H and O–H groups in total. The van der Waals surface area contributed by atoms with Gasteiger partial charge in [-0.05, 0) is 67.3 Å². The van der Waals surface area contributed by atoms with E-state index in [2.05, 4.69) is 0 Å². The highest BCUT2D eigenvalue weighted by Crippen LogP contribution is 2.30. The number of ether oxygens (including phenoxy) is 1. The minimum absolute atomic E-state index is 0.0220. The maximum atomic E-state index is 13.2. The minimum Gasteiger partial charge on any atom is -0.457 e. The number of hydrogen-bond donors (Lipinski definition) is 2. The van der Waals surface area contributed by atoms with Crippen LogP contribution in [0.25, 0.3) is 0 Å². The summed E-state index contributed by atoms with van der Waals surface area (Å²) in [6, 6.07) is 10.3. The van der Waals surface area contributed by atoms with Gasteiger partial charge in [-0.2, -0.15) is 4.31 Å². The third-order valence-corrected chi connectivity index (χ3v) is 6.89. The lowest BCUT2D eigenvalue weighted by Crippen LogP contribution is -2.51. The van der Waals surface area contributed by atoms with Gasteiger partial charge in [0.1, 0.15) is 23.4 Å². The molecule has 1 fully saturated rings. The Kier molecular flexibility index (Phi) is 6.51. The number of nitrogens with one attached hydrogen (secondary N) is 1. The van der Waals surface area contributed by atoms with Gasteiger partial charge in [0.05, 0.1) is 4.90 Å². The average Bonchev–Trinajstić information content (AvgIpc) is 2.91. The van der Waals surface area contributed by atoms with E-state index in [1.54, 1.807) is 12.4 Å². The molecule has 0 saturated carbocycles. The zero-order chi connectivity index (χ0) is 21.0. The topological polar surface area (TPSA) is 95.9 Å². The Bertz CT molecular complexity index is 948. The maximum Gasteiger partial charge on any atom is 0.262 e. The van der Waals surface area contributed by atoms with Crippen molar-refractivity contribution in [2.24, 2.45) is 5.92 Å². The Morgan fingerprint density at radius 1 is 1.10 bits per heavy atom. The SMILES string of the molecule is C[C@H]1CCCCN(S(=O)(=O)c2ccc(Oc3ccc(F)cc3)cc2)C1C(=O)NO. The van der Waals surface area contributed by atoms with E-state index in [0.717, 1.165) is 10.7 Å². The number of hydroxylamine groups is 1. The number of halogens is 1. The molecule has 1 unspecified atom stereocenters. The number of rotatable bonds is 5. The summed E-state index contributed by atoms with van der Waals surface area (Å²) in [5, 5.41) is 9.08. The first-order valence-corrected chi connectivity index (χ1v) is 10.8. The van der Waals surface area contributed by atoms with Crippen LogP contribution in [0.2, 0.25) is 0 Å². The number of sulfonamides is 1. The zero-order valence-corrected chi connectivity index (χ0v) is 16.7. The van der Waals surface area contributed by atoms with Crippen LogP contribution in [0.5, 0.6) is 11.5 Å². The van der Waals surface area contributed by atoms with E-state index in [-0.39, 0.29) is 23.2 Å². The minimum atomic E-state index is -3.96. The molecule has 2 aromatic carbocycles. The van der Waals surface area contributed by atoms with Crippen LogP contribution < -0.4 is 10.2 Å². The van der Waals surface area contributed by atoms with Gasteiger partial charge in [0.2, 0.25) is 10.0 Å². The molecule has 0 bridgehead atoms. The van der Waals surface area contributed by atoms with Crippen LogP contribution in [0.15, 0.2) is 53.4 Å². The van der Waals surface area contributed by atoms with Gasteiger partial charge in [-0.1, -0.05) is 13.3 Å². The third-order valence-electron chi connectivity index (χ3n) is 5.00. The molecule has 1 heterocycles. The Morgan fingerprint density at radius 2 is 1.69 bits per heavy atom. The predicted molar refractivity (Wildman–Crippen MR) is 104 cm³/mol. The summed E-state index contributed by atoms with van der Waals surface area (Å²) in [7, 11) is -3.96. The van der Waals surface area contributed by atoms with E-state index >= 15 is 0 Å². The summed E-state index contributed by atoms with van der Waals surface area (Å²) in [6.07, 6.45) is 2.12. The number of hydrogen-bond acceptors (Lipinski definition) is 5. The van der Waals surface area contributed by atoms with Crippen LogP contribution in [-0.2, 0) is 14.8 Å². The quantitative estimate of drug-likeness (QED) is 0.569. The van der Waals surface area contributed by atoms with Crippen molar-refractivity contribution in [3.63, 3.8) is 0 Å². The molecule has 1 aliphatic heterocycles. The van der Waals surface area contributed by atoms with Gasteiger partial charge in [-0.3, -0.25) is 10.0 Å². The van der Waals surface area contributed by atoms with Gasteiger partial charge >= 0.3 is 0 Å². The molecule has 1 saturated heterocycles. The highest BCUT2D eigenvalue weighted by atomic mass is 32.2. The second-order valence-corrected chi connectivity index (χ2v) is 8.93. The molecule has 0 aliphatic carbocycles. The highest BCUT2D eigenvalue weighted by Gasteiger charge is 2.40. The molecular weight excluding hydrogens is 399 g/mol. The summed E-state index contributed by atoms with van der Waals surface area (Å²) in [6.45, 7) is 1.99. The van der Waals surface area contributed by atoms with E-state index in [4.69, 9.17) is 9.94 Å². The highest BCUT2D eigenvalue weighted by molar-refractivity contribution is 7.89. The van der Waals surface area contributed by atoms with Crippen molar-refractivity contribution in [2.45, 2.75) is 37.1 Å². The largest absolute Gasteiger partial charge is 0.457 e. The number of benzene rings is 2. The lowest BCUT2D eigenvalue weighted by Gasteiger charge is -2.30. The molecule has 0 spiro atoms. The second-order valence-electron chi connectivity index (χ2n) is 7.04. The predicted octanol–water partition coefficient (Wildman–Crippen LogP) is 3.30. The van der Waals surface area contributed by atoms with Gasteiger partial charge < -0.3 is 4.74 Å². The fourth-order valence-corrected chi connectivity index (χ4v) is 5.22. The van der Waals surface area contributed by atoms with Crippen molar-refractivity contribution in [1.82, 2.24) is 9.79 Å². The van der Waals surface area contributed by atoms with E-state index in [1.807, 2.05) is 0 Å². The number of carbonyl (C=O) groups excluding carboxylic acids is 1. The molecule has 156 valence electrons. The van der Waals surface area contributed by atoms with Crippen molar-refractivity contribution in [3.8, 4) is 11.5 Å². The first-order valence-electron chi connectivity index (χ1n) is 9.32. The molecule has 2 atom stereocenters. The molecule has 3 rings (SSSR count). The number of nitrogens with zero attached hydrogens (tertiary/aromatic N) is 1. The van der Waals surface area contributed by atoms with Crippen LogP contribution in [0.1, 0.15) is 26.2 Å². The summed E-state index contributed by atoms with van der Waals surface area (Å²) < 4.78 is 46.1. The van der Waals surface area contributed by atoms with Crippen molar-refractivity contribution in [3.05, 3.63) is 54.3 Å². The Balaban J connectivity index is 1.85. The Morgan fingerprint density at radius 3 is 2.28 bits per heavy atom. The van der Waals surface area contributed by atoms with Gasteiger partial charge in [0.25, 0.3) is 5.91 Å². The molecule has 0 aromatic heterocycles. The normalized spacial score (nSPS) is 20.7. The smallest absolute Gasteiger partial charge is 0.262 e. The van der Waals surface area contributed by atoms with E-state index in [9.17, 15) is 17.6 Å². The third kappa shape index (κ3) is 4.75. The van der Waals surface area contributed by atoms with Crippen molar-refractivity contribution < 1.29 is 27.5 Å². The van der Waals surface area contributed by atoms with Crippen LogP contribution >= 0.6 is 0 Å². The van der Waals surface area contributed by atoms with E-state index in [0.29, 0.717) is 24.3 Å². The standard InChI is InChI=1S/C20H23FN2O5S/c1-14-4-2-3-13-23(19(14)20(24)22-25)29(26,27)18-11-9-17(10-12-18)28-16-7-5-15(21)6-8-16/h5-12,14,19,25H,2-4,13H2,1H3,(H,22,24)/t14-,19?/m0/s1. The molecule has 7 nitrogen and oxygen atoms in total. The van der Waals surface area contributed by atoms with Crippen LogP contribution in [0.4, 0.5) is 4.39 Å². The molecule has 0 radical (unpaired) electrons. The lowest BCUT2D eigenvalue weighted by atomic mass is 9.97. The summed E-state index contributed by atoms with van der Waals surface area (Å²) >= 11 is 0. The second kappa shape index (κ2) is 8.89. The molecular formula is C20H23FN2O5S. The number of amides is 1. The molecule has 2 aromatic rings. The molecule has 29 heavy (non-hydrogen) atoms. The molecule has 1 aliphatic rings. The van der Waals surface area contributed by atoms with Crippen molar-refractivity contribution >= 4 is 15.9 Å². The zero-order valence-electron chi connectivity index (χ0n) is 15.9. The van der Waals surface area contributed by atoms with Crippen LogP contribution in [-0.4, -0.2) is 36.4 Å².